The number of rotatable bonds is 5. The van der Waals surface area contributed by atoms with Crippen molar-refractivity contribution in [3.63, 3.8) is 0 Å². The van der Waals surface area contributed by atoms with E-state index in [1.807, 2.05) is 6.92 Å². The first-order valence-corrected chi connectivity index (χ1v) is 5.86. The molecule has 1 rings (SSSR count). The van der Waals surface area contributed by atoms with Crippen LogP contribution in [0, 0.1) is 0 Å². The van der Waals surface area contributed by atoms with Crippen molar-refractivity contribution < 1.29 is 9.59 Å². The van der Waals surface area contributed by atoms with Crippen molar-refractivity contribution >= 4 is 17.5 Å². The second-order valence-corrected chi connectivity index (χ2v) is 4.80. The number of amides is 2. The maximum Gasteiger partial charge on any atom is 0.268 e. The Labute approximate surface area is 106 Å². The Morgan fingerprint density at radius 1 is 1.44 bits per heavy atom. The van der Waals surface area contributed by atoms with Crippen LogP contribution in [0.15, 0.2) is 12.3 Å². The number of primary amides is 1. The van der Waals surface area contributed by atoms with Crippen molar-refractivity contribution in [2.75, 3.05) is 5.73 Å². The van der Waals surface area contributed by atoms with Gasteiger partial charge in [-0.2, -0.15) is 0 Å². The average Bonchev–Trinajstić information content (AvgIpc) is 2.59. The maximum absolute atomic E-state index is 12.1. The predicted molar refractivity (Wildman–Crippen MR) is 69.9 cm³/mol. The van der Waals surface area contributed by atoms with E-state index in [0.717, 1.165) is 6.42 Å². The van der Waals surface area contributed by atoms with E-state index in [1.165, 1.54) is 0 Å². The SMILES string of the molecule is CCCn1cc(N)cc1C(=O)NC(C)(C)C(N)=O. The maximum atomic E-state index is 12.1. The number of carbonyl (C=O) groups is 2. The highest BCUT2D eigenvalue weighted by Gasteiger charge is 2.28. The van der Waals surface area contributed by atoms with Crippen LogP contribution in [0.25, 0.3) is 0 Å². The number of aryl methyl sites for hydroxylation is 1. The van der Waals surface area contributed by atoms with Crippen LogP contribution in [0.1, 0.15) is 37.7 Å². The van der Waals surface area contributed by atoms with E-state index >= 15 is 0 Å². The molecule has 5 N–H and O–H groups in total. The van der Waals surface area contributed by atoms with Gasteiger partial charge in [-0.1, -0.05) is 6.92 Å². The van der Waals surface area contributed by atoms with Crippen LogP contribution in [0.4, 0.5) is 5.69 Å². The monoisotopic (exact) mass is 252 g/mol. The Kier molecular flexibility index (Phi) is 4.00. The molecule has 0 aliphatic rings. The summed E-state index contributed by atoms with van der Waals surface area (Å²) in [5.41, 5.74) is 10.8. The lowest BCUT2D eigenvalue weighted by Gasteiger charge is -2.22. The fourth-order valence-corrected chi connectivity index (χ4v) is 1.56. The molecule has 6 heteroatoms. The molecule has 6 nitrogen and oxygen atoms in total. The Bertz CT molecular complexity index is 463. The Morgan fingerprint density at radius 2 is 2.06 bits per heavy atom. The minimum absolute atomic E-state index is 0.357. The molecule has 0 bridgehead atoms. The molecular formula is C12H20N4O2. The second-order valence-electron chi connectivity index (χ2n) is 4.80. The third kappa shape index (κ3) is 3.03. The standard InChI is InChI=1S/C12H20N4O2/c1-4-5-16-7-8(13)6-9(16)10(17)15-12(2,3)11(14)18/h6-7H,4-5,13H2,1-3H3,(H2,14,18)(H,15,17). The van der Waals surface area contributed by atoms with Crippen molar-refractivity contribution in [2.24, 2.45) is 5.73 Å². The van der Waals surface area contributed by atoms with Gasteiger partial charge in [0.2, 0.25) is 5.91 Å². The van der Waals surface area contributed by atoms with Crippen molar-refractivity contribution in [3.8, 4) is 0 Å². The quantitative estimate of drug-likeness (QED) is 0.709. The summed E-state index contributed by atoms with van der Waals surface area (Å²) < 4.78 is 1.77. The van der Waals surface area contributed by atoms with Crippen molar-refractivity contribution in [1.82, 2.24) is 9.88 Å². The van der Waals surface area contributed by atoms with Gasteiger partial charge in [-0.05, 0) is 26.3 Å². The third-order valence-electron chi connectivity index (χ3n) is 2.66. The molecule has 0 aliphatic carbocycles. The number of nitrogens with one attached hydrogen (secondary N) is 1. The molecule has 1 aromatic heterocycles. The minimum Gasteiger partial charge on any atom is -0.397 e. The number of carbonyl (C=O) groups excluding carboxylic acids is 2. The number of nitrogens with two attached hydrogens (primary N) is 2. The van der Waals surface area contributed by atoms with E-state index in [4.69, 9.17) is 11.5 Å². The first-order valence-electron chi connectivity index (χ1n) is 5.86. The molecular weight excluding hydrogens is 232 g/mol. The van der Waals surface area contributed by atoms with Gasteiger partial charge >= 0.3 is 0 Å². The number of nitrogen functional groups attached to an aromatic ring is 1. The summed E-state index contributed by atoms with van der Waals surface area (Å²) in [7, 11) is 0. The lowest BCUT2D eigenvalue weighted by Crippen LogP contribution is -2.53. The fourth-order valence-electron chi connectivity index (χ4n) is 1.56. The van der Waals surface area contributed by atoms with Crippen LogP contribution < -0.4 is 16.8 Å². The molecule has 1 heterocycles. The third-order valence-corrected chi connectivity index (χ3v) is 2.66. The van der Waals surface area contributed by atoms with Crippen LogP contribution in [0.5, 0.6) is 0 Å². The first-order chi connectivity index (χ1) is 8.27. The zero-order chi connectivity index (χ0) is 13.9. The summed E-state index contributed by atoms with van der Waals surface area (Å²) in [6, 6.07) is 1.59. The minimum atomic E-state index is -1.09. The van der Waals surface area contributed by atoms with Gasteiger partial charge in [-0.25, -0.2) is 0 Å². The zero-order valence-corrected chi connectivity index (χ0v) is 11.0. The summed E-state index contributed by atoms with van der Waals surface area (Å²) >= 11 is 0. The normalized spacial score (nSPS) is 11.3. The van der Waals surface area contributed by atoms with Crippen molar-refractivity contribution in [2.45, 2.75) is 39.3 Å². The highest BCUT2D eigenvalue weighted by Crippen LogP contribution is 2.13. The van der Waals surface area contributed by atoms with E-state index in [-0.39, 0.29) is 5.91 Å². The number of aromatic nitrogens is 1. The molecule has 0 atom stereocenters. The molecule has 0 saturated heterocycles. The Hall–Kier alpha value is -1.98. The van der Waals surface area contributed by atoms with Crippen molar-refractivity contribution in [1.29, 1.82) is 0 Å². The number of hydrogen-bond acceptors (Lipinski definition) is 3. The summed E-state index contributed by atoms with van der Waals surface area (Å²) in [6.07, 6.45) is 2.59. The lowest BCUT2D eigenvalue weighted by atomic mass is 10.1. The highest BCUT2D eigenvalue weighted by molar-refractivity contribution is 5.98. The molecule has 0 aromatic carbocycles. The Balaban J connectivity index is 2.94. The summed E-state index contributed by atoms with van der Waals surface area (Å²) in [5.74, 6) is -0.943. The summed E-state index contributed by atoms with van der Waals surface area (Å²) in [5, 5.41) is 2.59. The van der Waals surface area contributed by atoms with Gasteiger partial charge in [0.1, 0.15) is 11.2 Å². The molecule has 2 amide bonds. The fraction of sp³-hybridized carbons (Fsp3) is 0.500. The number of anilines is 1. The van der Waals surface area contributed by atoms with Crippen LogP contribution in [-0.4, -0.2) is 21.9 Å². The average molecular weight is 252 g/mol. The van der Waals surface area contributed by atoms with E-state index in [1.54, 1.807) is 30.7 Å². The van der Waals surface area contributed by atoms with E-state index in [2.05, 4.69) is 5.32 Å². The van der Waals surface area contributed by atoms with Gasteiger partial charge in [0.15, 0.2) is 0 Å². The molecule has 0 radical (unpaired) electrons. The largest absolute Gasteiger partial charge is 0.397 e. The van der Waals surface area contributed by atoms with E-state index in [9.17, 15) is 9.59 Å². The molecule has 0 unspecified atom stereocenters. The van der Waals surface area contributed by atoms with Crippen LogP contribution in [0.3, 0.4) is 0 Å². The molecule has 0 aliphatic heterocycles. The van der Waals surface area contributed by atoms with Crippen molar-refractivity contribution in [3.05, 3.63) is 18.0 Å². The number of nitrogens with zero attached hydrogens (tertiary/aromatic N) is 1. The number of hydrogen-bond donors (Lipinski definition) is 3. The molecule has 1 aromatic rings. The first kappa shape index (κ1) is 14.1. The topological polar surface area (TPSA) is 103 Å². The molecule has 0 spiro atoms. The van der Waals surface area contributed by atoms with Gasteiger partial charge in [0, 0.05) is 12.7 Å². The highest BCUT2D eigenvalue weighted by atomic mass is 16.2. The zero-order valence-electron chi connectivity index (χ0n) is 11.0. The molecule has 0 fully saturated rings. The van der Waals surface area contributed by atoms with Gasteiger partial charge in [-0.3, -0.25) is 9.59 Å². The Morgan fingerprint density at radius 3 is 2.56 bits per heavy atom. The van der Waals surface area contributed by atoms with Gasteiger partial charge in [-0.15, -0.1) is 0 Å². The van der Waals surface area contributed by atoms with Gasteiger partial charge in [0.25, 0.3) is 5.91 Å². The summed E-state index contributed by atoms with van der Waals surface area (Å²) in [4.78, 5) is 23.3. The van der Waals surface area contributed by atoms with Crippen LogP contribution in [0.2, 0.25) is 0 Å². The van der Waals surface area contributed by atoms with Gasteiger partial charge < -0.3 is 21.4 Å². The predicted octanol–water partition coefficient (Wildman–Crippen LogP) is 0.474. The van der Waals surface area contributed by atoms with E-state index < -0.39 is 11.4 Å². The van der Waals surface area contributed by atoms with Crippen LogP contribution >= 0.6 is 0 Å². The van der Waals surface area contributed by atoms with E-state index in [0.29, 0.717) is 17.9 Å². The van der Waals surface area contributed by atoms with Gasteiger partial charge in [0.05, 0.1) is 5.69 Å². The molecule has 100 valence electrons. The lowest BCUT2D eigenvalue weighted by molar-refractivity contribution is -0.122. The molecule has 18 heavy (non-hydrogen) atoms. The van der Waals surface area contributed by atoms with Crippen LogP contribution in [-0.2, 0) is 11.3 Å². The summed E-state index contributed by atoms with van der Waals surface area (Å²) in [6.45, 7) is 5.82. The molecule has 0 saturated carbocycles. The smallest absolute Gasteiger partial charge is 0.268 e. The second kappa shape index (κ2) is 5.12.